The summed E-state index contributed by atoms with van der Waals surface area (Å²) in [5.41, 5.74) is 1.21. The van der Waals surface area contributed by atoms with Crippen LogP contribution in [0.4, 0.5) is 0 Å². The molecule has 3 saturated carbocycles. The quantitative estimate of drug-likeness (QED) is 0.583. The summed E-state index contributed by atoms with van der Waals surface area (Å²) >= 11 is 0. The summed E-state index contributed by atoms with van der Waals surface area (Å²) in [6.07, 6.45) is 10.4. The smallest absolute Gasteiger partial charge is 0.305 e. The number of aliphatic hydroxyl groups excluding tert-OH is 1. The topological polar surface area (TPSA) is 101 Å². The predicted octanol–water partition coefficient (Wildman–Crippen LogP) is 4.79. The molecule has 0 spiro atoms. The standard InChI is InChI=1S/C25H38O4.C2H4O2/c1-15(5-10-23(28)29-4)19-8-9-20-18-7-6-16-13-17(26)11-12-24(16,2)21(18)14-22(27)25(19,20)3;1-2(3)4/h14-20,26H,5-13H2,1-4H3;1H3,(H,3,4)/t15-,16-,17+,18+,19-,20+,24+,25-;/m1./s1. The normalized spacial score (nSPS) is 40.2. The van der Waals surface area contributed by atoms with Gasteiger partial charge < -0.3 is 14.9 Å². The monoisotopic (exact) mass is 462 g/mol. The number of fused-ring (bicyclic) bond motifs is 5. The van der Waals surface area contributed by atoms with Gasteiger partial charge in [0, 0.05) is 18.8 Å². The second-order valence-electron chi connectivity index (χ2n) is 11.4. The number of esters is 1. The molecule has 0 radical (unpaired) electrons. The number of hydrogen-bond acceptors (Lipinski definition) is 5. The van der Waals surface area contributed by atoms with Gasteiger partial charge in [-0.15, -0.1) is 0 Å². The minimum atomic E-state index is -0.833. The third kappa shape index (κ3) is 4.78. The van der Waals surface area contributed by atoms with E-state index in [1.807, 2.05) is 0 Å². The number of aliphatic carboxylic acids is 1. The lowest BCUT2D eigenvalue weighted by atomic mass is 9.48. The largest absolute Gasteiger partial charge is 0.481 e. The molecule has 2 N–H and O–H groups in total. The van der Waals surface area contributed by atoms with Gasteiger partial charge in [0.25, 0.3) is 5.97 Å². The van der Waals surface area contributed by atoms with Gasteiger partial charge in [0.15, 0.2) is 5.78 Å². The van der Waals surface area contributed by atoms with Crippen LogP contribution >= 0.6 is 0 Å². The fraction of sp³-hybridized carbons (Fsp3) is 0.815. The van der Waals surface area contributed by atoms with Gasteiger partial charge in [-0.05, 0) is 92.4 Å². The van der Waals surface area contributed by atoms with Crippen LogP contribution in [0.1, 0.15) is 85.5 Å². The predicted molar refractivity (Wildman–Crippen MR) is 125 cm³/mol. The van der Waals surface area contributed by atoms with E-state index in [0.717, 1.165) is 51.9 Å². The first-order chi connectivity index (χ1) is 15.4. The molecule has 0 heterocycles. The molecular formula is C27H42O6. The molecule has 0 aromatic heterocycles. The lowest BCUT2D eigenvalue weighted by Crippen LogP contribution is -2.52. The summed E-state index contributed by atoms with van der Waals surface area (Å²) in [4.78, 5) is 34.2. The van der Waals surface area contributed by atoms with Gasteiger partial charge in [0.1, 0.15) is 0 Å². The number of rotatable bonds is 4. The molecule has 0 amide bonds. The van der Waals surface area contributed by atoms with Crippen LogP contribution in [0.2, 0.25) is 0 Å². The Hall–Kier alpha value is -1.69. The third-order valence-corrected chi connectivity index (χ3v) is 9.69. The number of aliphatic hydroxyl groups is 1. The maximum atomic E-state index is 13.6. The summed E-state index contributed by atoms with van der Waals surface area (Å²) in [6.45, 7) is 7.88. The molecule has 6 nitrogen and oxygen atoms in total. The molecule has 3 fully saturated rings. The lowest BCUT2D eigenvalue weighted by Gasteiger charge is -2.56. The Balaban J connectivity index is 0.000000709. The molecular weight excluding hydrogens is 420 g/mol. The minimum absolute atomic E-state index is 0.0910. The number of carbonyl (C=O) groups is 3. The Labute approximate surface area is 198 Å². The van der Waals surface area contributed by atoms with E-state index >= 15 is 0 Å². The van der Waals surface area contributed by atoms with Crippen molar-refractivity contribution in [3.8, 4) is 0 Å². The van der Waals surface area contributed by atoms with Gasteiger partial charge in [-0.25, -0.2) is 0 Å². The minimum Gasteiger partial charge on any atom is -0.481 e. The molecule has 0 aromatic carbocycles. The number of ketones is 1. The Morgan fingerprint density at radius 1 is 1.18 bits per heavy atom. The number of carboxylic acids is 1. The molecule has 0 saturated heterocycles. The average molecular weight is 463 g/mol. The Morgan fingerprint density at radius 3 is 2.48 bits per heavy atom. The zero-order valence-corrected chi connectivity index (χ0v) is 20.9. The van der Waals surface area contributed by atoms with Crippen LogP contribution in [0, 0.1) is 40.4 Å². The van der Waals surface area contributed by atoms with Gasteiger partial charge in [-0.1, -0.05) is 26.3 Å². The highest BCUT2D eigenvalue weighted by atomic mass is 16.5. The van der Waals surface area contributed by atoms with Crippen LogP contribution in [-0.2, 0) is 19.1 Å². The van der Waals surface area contributed by atoms with E-state index in [1.165, 1.54) is 19.1 Å². The number of ether oxygens (including phenoxy) is 1. The van der Waals surface area contributed by atoms with E-state index in [0.29, 0.717) is 41.8 Å². The summed E-state index contributed by atoms with van der Waals surface area (Å²) < 4.78 is 4.82. The number of methoxy groups -OCH3 is 1. The number of allylic oxidation sites excluding steroid dienone is 2. The SMILES string of the molecule is CC(=O)O.COC(=O)CC[C@@H](C)[C@H]1CC[C@H]2[C@@H]3CC[C@@H]4C[C@@H](O)CC[C@]4(C)C3=CC(=O)[C@]12C. The molecule has 0 bridgehead atoms. The second kappa shape index (κ2) is 9.89. The second-order valence-corrected chi connectivity index (χ2v) is 11.4. The highest BCUT2D eigenvalue weighted by Gasteiger charge is 2.60. The molecule has 0 aromatic rings. The first kappa shape index (κ1) is 25.9. The van der Waals surface area contributed by atoms with E-state index in [1.54, 1.807) is 0 Å². The molecule has 6 heteroatoms. The molecule has 4 aliphatic rings. The van der Waals surface area contributed by atoms with Crippen molar-refractivity contribution in [1.82, 2.24) is 0 Å². The molecule has 8 atom stereocenters. The van der Waals surface area contributed by atoms with Crippen LogP contribution < -0.4 is 0 Å². The van der Waals surface area contributed by atoms with Crippen molar-refractivity contribution in [3.05, 3.63) is 11.6 Å². The van der Waals surface area contributed by atoms with Crippen molar-refractivity contribution >= 4 is 17.7 Å². The molecule has 186 valence electrons. The van der Waals surface area contributed by atoms with Crippen LogP contribution in [0.3, 0.4) is 0 Å². The van der Waals surface area contributed by atoms with Crippen LogP contribution in [0.25, 0.3) is 0 Å². The van der Waals surface area contributed by atoms with E-state index in [2.05, 4.69) is 26.8 Å². The van der Waals surface area contributed by atoms with Gasteiger partial charge in [0.05, 0.1) is 13.2 Å². The Kier molecular flexibility index (Phi) is 7.77. The van der Waals surface area contributed by atoms with Gasteiger partial charge in [-0.2, -0.15) is 0 Å². The van der Waals surface area contributed by atoms with Crippen LogP contribution in [-0.4, -0.2) is 41.1 Å². The Bertz CT molecular complexity index is 798. The maximum absolute atomic E-state index is 13.6. The van der Waals surface area contributed by atoms with Gasteiger partial charge in [-0.3, -0.25) is 14.4 Å². The van der Waals surface area contributed by atoms with Crippen molar-refractivity contribution in [2.24, 2.45) is 40.4 Å². The fourth-order valence-corrected chi connectivity index (χ4v) is 7.88. The van der Waals surface area contributed by atoms with Crippen molar-refractivity contribution in [1.29, 1.82) is 0 Å². The van der Waals surface area contributed by atoms with Crippen molar-refractivity contribution in [3.63, 3.8) is 0 Å². The first-order valence-electron chi connectivity index (χ1n) is 12.7. The molecule has 4 aliphatic carbocycles. The molecule has 0 aliphatic heterocycles. The first-order valence-corrected chi connectivity index (χ1v) is 12.7. The molecule has 33 heavy (non-hydrogen) atoms. The maximum Gasteiger partial charge on any atom is 0.305 e. The average Bonchev–Trinajstić information content (AvgIpc) is 3.11. The van der Waals surface area contributed by atoms with E-state index in [9.17, 15) is 14.7 Å². The summed E-state index contributed by atoms with van der Waals surface area (Å²) in [5, 5.41) is 17.6. The summed E-state index contributed by atoms with van der Waals surface area (Å²) in [7, 11) is 1.44. The Morgan fingerprint density at radius 2 is 1.85 bits per heavy atom. The third-order valence-electron chi connectivity index (χ3n) is 9.69. The highest BCUT2D eigenvalue weighted by Crippen LogP contribution is 2.65. The molecule has 0 unspecified atom stereocenters. The summed E-state index contributed by atoms with van der Waals surface area (Å²) in [5.74, 6) is 1.51. The molecule has 4 rings (SSSR count). The number of carboxylic acid groups (broad SMARTS) is 1. The van der Waals surface area contributed by atoms with Gasteiger partial charge >= 0.3 is 5.97 Å². The van der Waals surface area contributed by atoms with Gasteiger partial charge in [0.2, 0.25) is 0 Å². The van der Waals surface area contributed by atoms with E-state index in [4.69, 9.17) is 14.6 Å². The van der Waals surface area contributed by atoms with Crippen molar-refractivity contribution in [2.45, 2.75) is 91.6 Å². The number of hydrogen-bond donors (Lipinski definition) is 2. The van der Waals surface area contributed by atoms with E-state index < -0.39 is 5.97 Å². The fourth-order valence-electron chi connectivity index (χ4n) is 7.88. The van der Waals surface area contributed by atoms with E-state index in [-0.39, 0.29) is 22.9 Å². The van der Waals surface area contributed by atoms with Crippen LogP contribution in [0.5, 0.6) is 0 Å². The lowest BCUT2D eigenvalue weighted by molar-refractivity contribution is -0.141. The van der Waals surface area contributed by atoms with Crippen molar-refractivity contribution in [2.75, 3.05) is 7.11 Å². The van der Waals surface area contributed by atoms with Crippen LogP contribution in [0.15, 0.2) is 11.6 Å². The highest BCUT2D eigenvalue weighted by molar-refractivity contribution is 5.97. The van der Waals surface area contributed by atoms with Crippen molar-refractivity contribution < 1.29 is 29.3 Å². The zero-order valence-electron chi connectivity index (χ0n) is 20.9. The zero-order chi connectivity index (χ0) is 24.6. The number of carbonyl (C=O) groups excluding carboxylic acids is 2. The summed E-state index contributed by atoms with van der Waals surface area (Å²) in [6, 6.07) is 0.